The topological polar surface area (TPSA) is 71.8 Å². The summed E-state index contributed by atoms with van der Waals surface area (Å²) in [5.74, 6) is 0. The Morgan fingerprint density at radius 2 is 1.90 bits per heavy atom. The van der Waals surface area contributed by atoms with Crippen LogP contribution in [-0.4, -0.2) is 10.2 Å². The monoisotopic (exact) mass is 283 g/mol. The Morgan fingerprint density at radius 3 is 2.71 bits per heavy atom. The fraction of sp³-hybridized carbons (Fsp3) is 0.412. The van der Waals surface area contributed by atoms with E-state index in [0.29, 0.717) is 11.1 Å². The third kappa shape index (κ3) is 2.58. The minimum Gasteiger partial charge on any atom is -0.398 e. The summed E-state index contributed by atoms with van der Waals surface area (Å²) in [6.07, 6.45) is 7.06. The van der Waals surface area contributed by atoms with Gasteiger partial charge in [-0.3, -0.25) is 4.79 Å². The van der Waals surface area contributed by atoms with Crippen LogP contribution in [0.25, 0.3) is 16.3 Å². The van der Waals surface area contributed by atoms with Gasteiger partial charge in [0.2, 0.25) is 0 Å². The number of anilines is 1. The average molecular weight is 283 g/mol. The molecule has 3 N–H and O–H groups in total. The normalized spacial score (nSPS) is 16.8. The lowest BCUT2D eigenvalue weighted by atomic mass is 9.90. The van der Waals surface area contributed by atoms with Gasteiger partial charge in [-0.25, -0.2) is 5.10 Å². The van der Waals surface area contributed by atoms with Gasteiger partial charge in [0.25, 0.3) is 5.56 Å². The standard InChI is InChI=1S/C17H21N3O/c1-11-7-4-2-3-5-8-12(11)16-15-13(17(21)20-19-16)9-6-10-14(15)18/h6,9-10H,2-5,7-8,18H2,1H3,(H,20,21). The second kappa shape index (κ2) is 5.72. The number of aromatic nitrogens is 2. The molecule has 2 aromatic rings. The average Bonchev–Trinajstić information content (AvgIpc) is 2.46. The lowest BCUT2D eigenvalue weighted by molar-refractivity contribution is 0.630. The molecule has 0 saturated heterocycles. The highest BCUT2D eigenvalue weighted by Crippen LogP contribution is 2.33. The molecule has 0 radical (unpaired) electrons. The fourth-order valence-electron chi connectivity index (χ4n) is 3.20. The number of rotatable bonds is 1. The van der Waals surface area contributed by atoms with E-state index < -0.39 is 0 Å². The first-order valence-electron chi connectivity index (χ1n) is 7.64. The number of hydrogen-bond donors (Lipinski definition) is 2. The Bertz CT molecular complexity index is 758. The molecule has 1 aliphatic carbocycles. The van der Waals surface area contributed by atoms with Gasteiger partial charge in [-0.2, -0.15) is 5.10 Å². The first-order chi connectivity index (χ1) is 10.2. The van der Waals surface area contributed by atoms with E-state index in [1.54, 1.807) is 0 Å². The van der Waals surface area contributed by atoms with E-state index in [4.69, 9.17) is 5.73 Å². The van der Waals surface area contributed by atoms with Crippen molar-refractivity contribution in [3.8, 4) is 0 Å². The largest absolute Gasteiger partial charge is 0.398 e. The molecule has 1 heterocycles. The number of allylic oxidation sites excluding steroid dienone is 2. The summed E-state index contributed by atoms with van der Waals surface area (Å²) in [5, 5.41) is 8.40. The molecule has 110 valence electrons. The fourth-order valence-corrected chi connectivity index (χ4v) is 3.20. The van der Waals surface area contributed by atoms with Crippen LogP contribution in [0.3, 0.4) is 0 Å². The van der Waals surface area contributed by atoms with E-state index in [2.05, 4.69) is 17.1 Å². The van der Waals surface area contributed by atoms with E-state index in [-0.39, 0.29) is 5.56 Å². The molecule has 0 fully saturated rings. The predicted molar refractivity (Wildman–Crippen MR) is 87.1 cm³/mol. The van der Waals surface area contributed by atoms with Crippen LogP contribution in [0.15, 0.2) is 28.6 Å². The number of nitrogens with zero attached hydrogens (tertiary/aromatic N) is 1. The number of benzene rings is 1. The summed E-state index contributed by atoms with van der Waals surface area (Å²) >= 11 is 0. The molecule has 0 saturated carbocycles. The minimum atomic E-state index is -0.176. The van der Waals surface area contributed by atoms with Crippen LogP contribution in [0.5, 0.6) is 0 Å². The first-order valence-corrected chi connectivity index (χ1v) is 7.64. The molecule has 0 spiro atoms. The van der Waals surface area contributed by atoms with Gasteiger partial charge in [-0.05, 0) is 50.3 Å². The van der Waals surface area contributed by atoms with E-state index >= 15 is 0 Å². The molecule has 0 unspecified atom stereocenters. The molecule has 0 bridgehead atoms. The summed E-state index contributed by atoms with van der Waals surface area (Å²) in [5.41, 5.74) is 10.1. The van der Waals surface area contributed by atoms with E-state index in [1.165, 1.54) is 36.8 Å². The van der Waals surface area contributed by atoms with Crippen molar-refractivity contribution < 1.29 is 0 Å². The Morgan fingerprint density at radius 1 is 1.14 bits per heavy atom. The maximum atomic E-state index is 12.0. The quantitative estimate of drug-likeness (QED) is 0.785. The maximum Gasteiger partial charge on any atom is 0.272 e. The van der Waals surface area contributed by atoms with Crippen LogP contribution in [0.4, 0.5) is 5.69 Å². The molecular formula is C17H21N3O. The number of H-pyrrole nitrogens is 1. The summed E-state index contributed by atoms with van der Waals surface area (Å²) in [7, 11) is 0. The van der Waals surface area contributed by atoms with Gasteiger partial charge in [-0.15, -0.1) is 0 Å². The maximum absolute atomic E-state index is 12.0. The van der Waals surface area contributed by atoms with Crippen LogP contribution in [0.2, 0.25) is 0 Å². The van der Waals surface area contributed by atoms with Crippen molar-refractivity contribution in [1.82, 2.24) is 10.2 Å². The molecule has 21 heavy (non-hydrogen) atoms. The molecule has 0 atom stereocenters. The SMILES string of the molecule is CC1=C(c2n[nH]c(=O)c3cccc(N)c23)CCCCCC1. The number of aromatic amines is 1. The molecule has 0 aliphatic heterocycles. The number of nitrogen functional groups attached to an aromatic ring is 1. The Balaban J connectivity index is 2.27. The summed E-state index contributed by atoms with van der Waals surface area (Å²) in [6.45, 7) is 2.18. The number of hydrogen-bond acceptors (Lipinski definition) is 3. The van der Waals surface area contributed by atoms with Gasteiger partial charge in [0.1, 0.15) is 0 Å². The summed E-state index contributed by atoms with van der Waals surface area (Å²) < 4.78 is 0. The number of nitrogens with two attached hydrogens (primary N) is 1. The van der Waals surface area contributed by atoms with Gasteiger partial charge >= 0.3 is 0 Å². The zero-order valence-electron chi connectivity index (χ0n) is 12.4. The highest BCUT2D eigenvalue weighted by atomic mass is 16.1. The smallest absolute Gasteiger partial charge is 0.272 e. The zero-order valence-corrected chi connectivity index (χ0v) is 12.4. The van der Waals surface area contributed by atoms with Crippen molar-refractivity contribution in [2.75, 3.05) is 5.73 Å². The Kier molecular flexibility index (Phi) is 3.78. The molecule has 3 rings (SSSR count). The van der Waals surface area contributed by atoms with Gasteiger partial charge in [0.15, 0.2) is 0 Å². The summed E-state index contributed by atoms with van der Waals surface area (Å²) in [6, 6.07) is 5.47. The molecule has 4 heteroatoms. The van der Waals surface area contributed by atoms with Crippen molar-refractivity contribution in [2.24, 2.45) is 0 Å². The van der Waals surface area contributed by atoms with Gasteiger partial charge in [0, 0.05) is 11.1 Å². The third-order valence-electron chi connectivity index (χ3n) is 4.38. The van der Waals surface area contributed by atoms with E-state index in [9.17, 15) is 4.79 Å². The van der Waals surface area contributed by atoms with Crippen LogP contribution in [-0.2, 0) is 0 Å². The van der Waals surface area contributed by atoms with Gasteiger partial charge < -0.3 is 5.73 Å². The van der Waals surface area contributed by atoms with E-state index in [0.717, 1.165) is 23.9 Å². The van der Waals surface area contributed by atoms with Crippen molar-refractivity contribution in [3.63, 3.8) is 0 Å². The van der Waals surface area contributed by atoms with E-state index in [1.807, 2.05) is 18.2 Å². The van der Waals surface area contributed by atoms with Gasteiger partial charge in [0.05, 0.1) is 11.1 Å². The lowest BCUT2D eigenvalue weighted by Gasteiger charge is -2.17. The molecule has 4 nitrogen and oxygen atoms in total. The Hall–Kier alpha value is -2.10. The van der Waals surface area contributed by atoms with Crippen molar-refractivity contribution >= 4 is 22.0 Å². The second-order valence-corrected chi connectivity index (χ2v) is 5.84. The molecule has 1 aromatic heterocycles. The number of fused-ring (bicyclic) bond motifs is 1. The highest BCUT2D eigenvalue weighted by Gasteiger charge is 2.16. The molecule has 1 aromatic carbocycles. The van der Waals surface area contributed by atoms with Crippen molar-refractivity contribution in [1.29, 1.82) is 0 Å². The highest BCUT2D eigenvalue weighted by molar-refractivity contribution is 5.99. The molecule has 0 amide bonds. The lowest BCUT2D eigenvalue weighted by Crippen LogP contribution is -2.12. The Labute approximate surface area is 124 Å². The molecule has 1 aliphatic rings. The first kappa shape index (κ1) is 13.9. The van der Waals surface area contributed by atoms with Crippen LogP contribution in [0, 0.1) is 0 Å². The minimum absolute atomic E-state index is 0.176. The summed E-state index contributed by atoms with van der Waals surface area (Å²) in [4.78, 5) is 12.0. The predicted octanol–water partition coefficient (Wildman–Crippen LogP) is 3.63. The van der Waals surface area contributed by atoms with Gasteiger partial charge in [-0.1, -0.05) is 24.5 Å². The molecular weight excluding hydrogens is 262 g/mol. The zero-order chi connectivity index (χ0) is 14.8. The van der Waals surface area contributed by atoms with Crippen LogP contribution in [0.1, 0.15) is 51.1 Å². The van der Waals surface area contributed by atoms with Crippen molar-refractivity contribution in [3.05, 3.63) is 39.8 Å². The van der Waals surface area contributed by atoms with Crippen molar-refractivity contribution in [2.45, 2.75) is 45.4 Å². The number of nitrogens with one attached hydrogen (secondary N) is 1. The van der Waals surface area contributed by atoms with Crippen LogP contribution >= 0.6 is 0 Å². The second-order valence-electron chi connectivity index (χ2n) is 5.84. The van der Waals surface area contributed by atoms with Crippen LogP contribution < -0.4 is 11.3 Å². The third-order valence-corrected chi connectivity index (χ3v) is 4.38.